The number of carbonyl (C=O) groups excluding carboxylic acids is 1. The molecule has 152 valence electrons. The number of hydrogen-bond acceptors (Lipinski definition) is 6. The van der Waals surface area contributed by atoms with Gasteiger partial charge in [-0.3, -0.25) is 9.89 Å². The molecule has 1 aromatic heterocycles. The molecule has 8 nitrogen and oxygen atoms in total. The summed E-state index contributed by atoms with van der Waals surface area (Å²) in [5, 5.41) is 9.53. The zero-order valence-corrected chi connectivity index (χ0v) is 15.6. The standard InChI is InChI=1S/C21H16FN3O5/c22-15-5-13(20-14(6-15)9-27-10-30-20)2-4-19(26)24-21-16(8-23-25-21)12-1-3-17-18(7-12)29-11-28-17/h1-8H,9-11H2,(H2,23,24,25,26)/b4-2+. The fourth-order valence-corrected chi connectivity index (χ4v) is 3.33. The van der Waals surface area contributed by atoms with Crippen LogP contribution in [0.15, 0.2) is 42.6 Å². The van der Waals surface area contributed by atoms with Gasteiger partial charge in [0.2, 0.25) is 12.7 Å². The molecule has 3 aromatic rings. The van der Waals surface area contributed by atoms with Crippen LogP contribution < -0.4 is 19.5 Å². The van der Waals surface area contributed by atoms with Crippen LogP contribution >= 0.6 is 0 Å². The maximum atomic E-state index is 13.8. The van der Waals surface area contributed by atoms with E-state index in [1.807, 2.05) is 12.1 Å². The second kappa shape index (κ2) is 7.53. The van der Waals surface area contributed by atoms with Gasteiger partial charge in [-0.25, -0.2) is 4.39 Å². The molecule has 1 amide bonds. The van der Waals surface area contributed by atoms with Crippen molar-refractivity contribution in [3.05, 3.63) is 59.5 Å². The van der Waals surface area contributed by atoms with E-state index in [0.717, 1.165) is 5.56 Å². The minimum atomic E-state index is -0.429. The molecule has 2 aliphatic heterocycles. The molecule has 0 saturated heterocycles. The maximum Gasteiger partial charge on any atom is 0.249 e. The largest absolute Gasteiger partial charge is 0.467 e. The first-order valence-corrected chi connectivity index (χ1v) is 9.13. The van der Waals surface area contributed by atoms with Crippen molar-refractivity contribution in [2.45, 2.75) is 6.61 Å². The summed E-state index contributed by atoms with van der Waals surface area (Å²) in [5.74, 6) is 1.39. The van der Waals surface area contributed by atoms with Gasteiger partial charge < -0.3 is 24.3 Å². The molecule has 30 heavy (non-hydrogen) atoms. The third kappa shape index (κ3) is 3.46. The van der Waals surface area contributed by atoms with Crippen molar-refractivity contribution in [3.8, 4) is 28.4 Å². The Bertz CT molecular complexity index is 1160. The lowest BCUT2D eigenvalue weighted by atomic mass is 10.1. The average molecular weight is 409 g/mol. The minimum Gasteiger partial charge on any atom is -0.467 e. The van der Waals surface area contributed by atoms with Crippen molar-refractivity contribution < 1.29 is 28.1 Å². The predicted molar refractivity (Wildman–Crippen MR) is 104 cm³/mol. The highest BCUT2D eigenvalue weighted by molar-refractivity contribution is 6.03. The lowest BCUT2D eigenvalue weighted by Gasteiger charge is -2.19. The molecule has 0 atom stereocenters. The highest BCUT2D eigenvalue weighted by atomic mass is 19.1. The molecule has 2 aromatic carbocycles. The van der Waals surface area contributed by atoms with Crippen LogP contribution in [0.5, 0.6) is 17.2 Å². The van der Waals surface area contributed by atoms with E-state index in [-0.39, 0.29) is 20.2 Å². The van der Waals surface area contributed by atoms with Crippen molar-refractivity contribution in [1.82, 2.24) is 10.2 Å². The highest BCUT2D eigenvalue weighted by Gasteiger charge is 2.18. The first-order chi connectivity index (χ1) is 14.7. The van der Waals surface area contributed by atoms with Crippen LogP contribution in [-0.4, -0.2) is 29.7 Å². The van der Waals surface area contributed by atoms with Gasteiger partial charge in [-0.05, 0) is 35.9 Å². The first kappa shape index (κ1) is 18.2. The molecular formula is C21H16FN3O5. The molecule has 0 unspecified atom stereocenters. The number of aromatic nitrogens is 2. The third-order valence-electron chi connectivity index (χ3n) is 4.69. The van der Waals surface area contributed by atoms with E-state index in [9.17, 15) is 9.18 Å². The topological polar surface area (TPSA) is 94.7 Å². The summed E-state index contributed by atoms with van der Waals surface area (Å²) in [6.45, 7) is 0.518. The second-order valence-electron chi connectivity index (χ2n) is 6.64. The number of nitrogens with one attached hydrogen (secondary N) is 2. The van der Waals surface area contributed by atoms with Crippen molar-refractivity contribution in [2.75, 3.05) is 18.9 Å². The fraction of sp³-hybridized carbons (Fsp3) is 0.143. The summed E-state index contributed by atoms with van der Waals surface area (Å²) >= 11 is 0. The van der Waals surface area contributed by atoms with E-state index in [1.54, 1.807) is 12.3 Å². The number of carbonyl (C=O) groups is 1. The molecule has 0 fully saturated rings. The van der Waals surface area contributed by atoms with E-state index in [4.69, 9.17) is 18.9 Å². The smallest absolute Gasteiger partial charge is 0.249 e. The van der Waals surface area contributed by atoms with Crippen LogP contribution in [0.2, 0.25) is 0 Å². The van der Waals surface area contributed by atoms with E-state index in [0.29, 0.717) is 39.8 Å². The van der Waals surface area contributed by atoms with Crippen molar-refractivity contribution in [1.29, 1.82) is 0 Å². The van der Waals surface area contributed by atoms with Gasteiger partial charge in [-0.1, -0.05) is 6.07 Å². The summed E-state index contributed by atoms with van der Waals surface area (Å²) in [5.41, 5.74) is 2.56. The first-order valence-electron chi connectivity index (χ1n) is 9.13. The number of hydrogen-bond donors (Lipinski definition) is 2. The fourth-order valence-electron chi connectivity index (χ4n) is 3.33. The van der Waals surface area contributed by atoms with Crippen LogP contribution in [0, 0.1) is 5.82 Å². The predicted octanol–water partition coefficient (Wildman–Crippen LogP) is 3.46. The van der Waals surface area contributed by atoms with Gasteiger partial charge in [-0.15, -0.1) is 0 Å². The molecule has 0 saturated carbocycles. The van der Waals surface area contributed by atoms with E-state index < -0.39 is 11.7 Å². The quantitative estimate of drug-likeness (QED) is 0.641. The lowest BCUT2D eigenvalue weighted by Crippen LogP contribution is -2.13. The Morgan fingerprint density at radius 2 is 2.03 bits per heavy atom. The molecule has 2 N–H and O–H groups in total. The number of nitrogens with zero attached hydrogens (tertiary/aromatic N) is 1. The van der Waals surface area contributed by atoms with E-state index in [1.165, 1.54) is 24.3 Å². The van der Waals surface area contributed by atoms with Crippen LogP contribution in [0.4, 0.5) is 10.2 Å². The number of ether oxygens (including phenoxy) is 4. The molecule has 0 bridgehead atoms. The van der Waals surface area contributed by atoms with Crippen LogP contribution in [0.3, 0.4) is 0 Å². The van der Waals surface area contributed by atoms with Gasteiger partial charge in [0.1, 0.15) is 17.4 Å². The molecule has 3 heterocycles. The molecular weight excluding hydrogens is 393 g/mol. The monoisotopic (exact) mass is 409 g/mol. The Morgan fingerprint density at radius 3 is 2.97 bits per heavy atom. The van der Waals surface area contributed by atoms with E-state index in [2.05, 4.69) is 15.5 Å². The van der Waals surface area contributed by atoms with Crippen LogP contribution in [0.1, 0.15) is 11.1 Å². The lowest BCUT2D eigenvalue weighted by molar-refractivity contribution is -0.111. The summed E-state index contributed by atoms with van der Waals surface area (Å²) in [6, 6.07) is 8.13. The number of anilines is 1. The number of H-pyrrole nitrogens is 1. The zero-order chi connectivity index (χ0) is 20.5. The molecule has 0 radical (unpaired) electrons. The second-order valence-corrected chi connectivity index (χ2v) is 6.64. The number of halogens is 1. The maximum absolute atomic E-state index is 13.8. The summed E-state index contributed by atoms with van der Waals surface area (Å²) in [7, 11) is 0. The van der Waals surface area contributed by atoms with Gasteiger partial charge in [-0.2, -0.15) is 5.10 Å². The Hall–Kier alpha value is -3.85. The van der Waals surface area contributed by atoms with Crippen molar-refractivity contribution in [3.63, 3.8) is 0 Å². The molecule has 2 aliphatic rings. The van der Waals surface area contributed by atoms with Gasteiger partial charge in [0, 0.05) is 22.8 Å². The number of rotatable bonds is 4. The minimum absolute atomic E-state index is 0.0820. The average Bonchev–Trinajstić information content (AvgIpc) is 3.40. The van der Waals surface area contributed by atoms with Crippen LogP contribution in [-0.2, 0) is 16.1 Å². The van der Waals surface area contributed by atoms with Crippen molar-refractivity contribution >= 4 is 17.8 Å². The van der Waals surface area contributed by atoms with Gasteiger partial charge in [0.15, 0.2) is 18.3 Å². The number of fused-ring (bicyclic) bond motifs is 2. The zero-order valence-electron chi connectivity index (χ0n) is 15.6. The summed E-state index contributed by atoms with van der Waals surface area (Å²) in [6.07, 6.45) is 4.41. The Balaban J connectivity index is 1.35. The van der Waals surface area contributed by atoms with Gasteiger partial charge in [0.25, 0.3) is 0 Å². The van der Waals surface area contributed by atoms with E-state index >= 15 is 0 Å². The summed E-state index contributed by atoms with van der Waals surface area (Å²) in [4.78, 5) is 12.5. The Labute approximate surface area is 170 Å². The Morgan fingerprint density at radius 1 is 1.13 bits per heavy atom. The van der Waals surface area contributed by atoms with Crippen molar-refractivity contribution in [2.24, 2.45) is 0 Å². The highest BCUT2D eigenvalue weighted by Crippen LogP contribution is 2.37. The number of benzene rings is 2. The molecule has 0 spiro atoms. The van der Waals surface area contributed by atoms with Gasteiger partial charge in [0.05, 0.1) is 12.8 Å². The number of amides is 1. The third-order valence-corrected chi connectivity index (χ3v) is 4.69. The molecule has 9 heteroatoms. The Kier molecular flexibility index (Phi) is 4.56. The summed E-state index contributed by atoms with van der Waals surface area (Å²) < 4.78 is 35.2. The normalized spacial score (nSPS) is 14.4. The number of aromatic amines is 1. The SMILES string of the molecule is O=C(/C=C/c1cc(F)cc2c1OCOC2)Nc1[nH]ncc1-c1ccc2c(c1)OCO2. The van der Waals surface area contributed by atoms with Crippen LogP contribution in [0.25, 0.3) is 17.2 Å². The molecule has 5 rings (SSSR count). The van der Waals surface area contributed by atoms with Gasteiger partial charge >= 0.3 is 0 Å². The molecule has 0 aliphatic carbocycles.